The monoisotopic (exact) mass is 306 g/mol. The molecule has 2 aliphatic rings. The Kier molecular flexibility index (Phi) is 3.66. The van der Waals surface area contributed by atoms with Gasteiger partial charge in [-0.1, -0.05) is 11.6 Å². The number of benzene rings is 1. The number of hydrogen-bond donors (Lipinski definition) is 1. The van der Waals surface area contributed by atoms with Gasteiger partial charge >= 0.3 is 0 Å². The smallest absolute Gasteiger partial charge is 0.253 e. The van der Waals surface area contributed by atoms with E-state index in [9.17, 15) is 9.59 Å². The van der Waals surface area contributed by atoms with E-state index >= 15 is 0 Å². The Labute approximate surface area is 129 Å². The van der Waals surface area contributed by atoms with Crippen LogP contribution in [0, 0.1) is 12.3 Å². The van der Waals surface area contributed by atoms with Crippen LogP contribution in [0.1, 0.15) is 35.2 Å². The first-order valence-corrected chi connectivity index (χ1v) is 7.69. The maximum Gasteiger partial charge on any atom is 0.253 e. The van der Waals surface area contributed by atoms with E-state index in [1.807, 2.05) is 17.9 Å². The molecule has 0 saturated carbocycles. The zero-order valence-corrected chi connectivity index (χ0v) is 12.9. The van der Waals surface area contributed by atoms with Gasteiger partial charge in [-0.05, 0) is 48.9 Å². The van der Waals surface area contributed by atoms with E-state index in [2.05, 4.69) is 5.32 Å². The van der Waals surface area contributed by atoms with Crippen LogP contribution < -0.4 is 5.32 Å². The first-order valence-electron chi connectivity index (χ1n) is 7.31. The van der Waals surface area contributed by atoms with Crippen LogP contribution >= 0.6 is 11.6 Å². The molecule has 2 saturated heterocycles. The lowest BCUT2D eigenvalue weighted by atomic mass is 9.77. The number of carbonyl (C=O) groups is 2. The predicted molar refractivity (Wildman–Crippen MR) is 81.4 cm³/mol. The van der Waals surface area contributed by atoms with Crippen LogP contribution in [0.4, 0.5) is 0 Å². The number of rotatable bonds is 1. The van der Waals surface area contributed by atoms with Crippen molar-refractivity contribution in [2.24, 2.45) is 5.41 Å². The van der Waals surface area contributed by atoms with Crippen molar-refractivity contribution >= 4 is 23.4 Å². The second-order valence-electron chi connectivity index (χ2n) is 6.21. The molecule has 1 aromatic carbocycles. The molecule has 0 radical (unpaired) electrons. The average molecular weight is 307 g/mol. The number of likely N-dealkylation sites (tertiary alicyclic amines) is 1. The van der Waals surface area contributed by atoms with E-state index in [4.69, 9.17) is 11.6 Å². The molecule has 2 aliphatic heterocycles. The van der Waals surface area contributed by atoms with Gasteiger partial charge in [-0.2, -0.15) is 0 Å². The molecule has 0 atom stereocenters. The summed E-state index contributed by atoms with van der Waals surface area (Å²) in [5.41, 5.74) is 1.68. The standard InChI is InChI=1S/C16H19ClN2O2/c1-11-8-12(2-3-13(11)17)15(21)19-6-4-16(5-7-19)9-14(20)18-10-16/h2-3,8H,4-7,9-10H2,1H3,(H,18,20). The molecule has 1 aromatic rings. The zero-order valence-electron chi connectivity index (χ0n) is 12.1. The number of carbonyl (C=O) groups excluding carboxylic acids is 2. The lowest BCUT2D eigenvalue weighted by Gasteiger charge is -2.38. The third kappa shape index (κ3) is 2.77. The Morgan fingerprint density at radius 1 is 1.33 bits per heavy atom. The third-order valence-corrected chi connectivity index (χ3v) is 5.14. The molecule has 1 spiro atoms. The van der Waals surface area contributed by atoms with E-state index in [1.165, 1.54) is 0 Å². The Morgan fingerprint density at radius 2 is 2.05 bits per heavy atom. The fraction of sp³-hybridized carbons (Fsp3) is 0.500. The molecule has 112 valence electrons. The van der Waals surface area contributed by atoms with Gasteiger partial charge in [-0.3, -0.25) is 9.59 Å². The summed E-state index contributed by atoms with van der Waals surface area (Å²) in [5.74, 6) is 0.199. The minimum Gasteiger partial charge on any atom is -0.356 e. The van der Waals surface area contributed by atoms with Crippen molar-refractivity contribution in [2.75, 3.05) is 19.6 Å². The molecular formula is C16H19ClN2O2. The number of hydrogen-bond acceptors (Lipinski definition) is 2. The number of amides is 2. The van der Waals surface area contributed by atoms with Gasteiger partial charge in [0.15, 0.2) is 0 Å². The minimum atomic E-state index is 0.0573. The molecule has 5 heteroatoms. The summed E-state index contributed by atoms with van der Waals surface area (Å²) in [6.07, 6.45) is 2.39. The first kappa shape index (κ1) is 14.4. The Balaban J connectivity index is 1.67. The number of halogens is 1. The van der Waals surface area contributed by atoms with Crippen molar-refractivity contribution in [3.63, 3.8) is 0 Å². The van der Waals surface area contributed by atoms with E-state index in [-0.39, 0.29) is 17.2 Å². The summed E-state index contributed by atoms with van der Waals surface area (Å²) >= 11 is 6.00. The number of nitrogens with zero attached hydrogens (tertiary/aromatic N) is 1. The van der Waals surface area contributed by atoms with Gasteiger partial charge in [-0.25, -0.2) is 0 Å². The maximum atomic E-state index is 12.5. The summed E-state index contributed by atoms with van der Waals surface area (Å²) in [5, 5.41) is 3.59. The zero-order chi connectivity index (χ0) is 15.0. The normalized spacial score (nSPS) is 20.7. The molecule has 3 rings (SSSR count). The molecule has 4 nitrogen and oxygen atoms in total. The molecule has 21 heavy (non-hydrogen) atoms. The van der Waals surface area contributed by atoms with Crippen molar-refractivity contribution in [1.82, 2.24) is 10.2 Å². The van der Waals surface area contributed by atoms with Gasteiger partial charge in [0.25, 0.3) is 5.91 Å². The molecule has 0 unspecified atom stereocenters. The fourth-order valence-corrected chi connectivity index (χ4v) is 3.37. The largest absolute Gasteiger partial charge is 0.356 e. The van der Waals surface area contributed by atoms with Gasteiger partial charge in [0.2, 0.25) is 5.91 Å². The Bertz CT molecular complexity index is 592. The van der Waals surface area contributed by atoms with Crippen LogP contribution in [0.5, 0.6) is 0 Å². The van der Waals surface area contributed by atoms with E-state index in [0.717, 1.165) is 38.0 Å². The van der Waals surface area contributed by atoms with Gasteiger partial charge in [-0.15, -0.1) is 0 Å². The van der Waals surface area contributed by atoms with Crippen LogP contribution in [-0.4, -0.2) is 36.3 Å². The van der Waals surface area contributed by atoms with Crippen molar-refractivity contribution in [3.8, 4) is 0 Å². The lowest BCUT2D eigenvalue weighted by molar-refractivity contribution is -0.119. The van der Waals surface area contributed by atoms with E-state index in [1.54, 1.807) is 12.1 Å². The molecule has 0 aromatic heterocycles. The van der Waals surface area contributed by atoms with E-state index < -0.39 is 0 Å². The molecule has 2 heterocycles. The van der Waals surface area contributed by atoms with Crippen molar-refractivity contribution in [2.45, 2.75) is 26.2 Å². The Morgan fingerprint density at radius 3 is 2.62 bits per heavy atom. The fourth-order valence-electron chi connectivity index (χ4n) is 3.25. The maximum absolute atomic E-state index is 12.5. The first-order chi connectivity index (χ1) is 9.99. The second kappa shape index (κ2) is 5.34. The van der Waals surface area contributed by atoms with Gasteiger partial charge in [0.1, 0.15) is 0 Å². The number of piperidine rings is 1. The molecule has 0 bridgehead atoms. The molecule has 1 N–H and O–H groups in total. The predicted octanol–water partition coefficient (Wildman–Crippen LogP) is 2.39. The summed E-state index contributed by atoms with van der Waals surface area (Å²) in [4.78, 5) is 25.8. The van der Waals surface area contributed by atoms with Crippen molar-refractivity contribution in [1.29, 1.82) is 0 Å². The summed E-state index contributed by atoms with van der Waals surface area (Å²) < 4.78 is 0. The second-order valence-corrected chi connectivity index (χ2v) is 6.62. The molecule has 2 fully saturated rings. The van der Waals surface area contributed by atoms with Crippen LogP contribution in [0.2, 0.25) is 5.02 Å². The van der Waals surface area contributed by atoms with Crippen molar-refractivity contribution < 1.29 is 9.59 Å². The van der Waals surface area contributed by atoms with Crippen LogP contribution in [0.3, 0.4) is 0 Å². The average Bonchev–Trinajstić information content (AvgIpc) is 2.83. The highest BCUT2D eigenvalue weighted by molar-refractivity contribution is 6.31. The SMILES string of the molecule is Cc1cc(C(=O)N2CCC3(CC2)CNC(=O)C3)ccc1Cl. The lowest BCUT2D eigenvalue weighted by Crippen LogP contribution is -2.44. The summed E-state index contributed by atoms with van der Waals surface area (Å²) in [6, 6.07) is 5.40. The Hall–Kier alpha value is -1.55. The quantitative estimate of drug-likeness (QED) is 0.866. The highest BCUT2D eigenvalue weighted by atomic mass is 35.5. The van der Waals surface area contributed by atoms with Crippen LogP contribution in [0.25, 0.3) is 0 Å². The third-order valence-electron chi connectivity index (χ3n) is 4.71. The van der Waals surface area contributed by atoms with Gasteiger partial charge in [0.05, 0.1) is 0 Å². The number of aryl methyl sites for hydroxylation is 1. The molecular weight excluding hydrogens is 288 g/mol. The topological polar surface area (TPSA) is 49.4 Å². The molecule has 2 amide bonds. The number of nitrogens with one attached hydrogen (secondary N) is 1. The van der Waals surface area contributed by atoms with Crippen LogP contribution in [0.15, 0.2) is 18.2 Å². The van der Waals surface area contributed by atoms with Gasteiger partial charge < -0.3 is 10.2 Å². The highest BCUT2D eigenvalue weighted by Crippen LogP contribution is 2.37. The van der Waals surface area contributed by atoms with Crippen molar-refractivity contribution in [3.05, 3.63) is 34.3 Å². The highest BCUT2D eigenvalue weighted by Gasteiger charge is 2.41. The summed E-state index contributed by atoms with van der Waals surface area (Å²) in [6.45, 7) is 4.10. The van der Waals surface area contributed by atoms with Gasteiger partial charge in [0, 0.05) is 36.6 Å². The molecule has 0 aliphatic carbocycles. The van der Waals surface area contributed by atoms with E-state index in [0.29, 0.717) is 17.0 Å². The minimum absolute atomic E-state index is 0.0573. The summed E-state index contributed by atoms with van der Waals surface area (Å²) in [7, 11) is 0. The van der Waals surface area contributed by atoms with Crippen LogP contribution in [-0.2, 0) is 4.79 Å².